The Hall–Kier alpha value is -1.31. The van der Waals surface area contributed by atoms with Crippen LogP contribution in [0.4, 0.5) is 0 Å². The Balaban J connectivity index is 0.00000338. The van der Waals surface area contributed by atoms with E-state index in [-0.39, 0.29) is 41.0 Å². The van der Waals surface area contributed by atoms with Crippen molar-refractivity contribution in [2.45, 2.75) is 50.1 Å². The lowest BCUT2D eigenvalue weighted by molar-refractivity contribution is -0.138. The summed E-state index contributed by atoms with van der Waals surface area (Å²) >= 11 is 0. The molecule has 0 aliphatic carbocycles. The molecular weight excluding hydrogens is 376 g/mol. The fourth-order valence-corrected chi connectivity index (χ4v) is 4.88. The van der Waals surface area contributed by atoms with E-state index in [4.69, 9.17) is 10.5 Å². The van der Waals surface area contributed by atoms with E-state index in [1.807, 2.05) is 6.92 Å². The number of benzene rings is 1. The van der Waals surface area contributed by atoms with Gasteiger partial charge in [0.05, 0.1) is 17.8 Å². The minimum Gasteiger partial charge on any atom is -0.497 e. The first-order valence-electron chi connectivity index (χ1n) is 8.69. The molecule has 0 spiro atoms. The average Bonchev–Trinajstić information content (AvgIpc) is 2.60. The summed E-state index contributed by atoms with van der Waals surface area (Å²) in [4.78, 5) is 14.8. The Bertz CT molecular complexity index is 692. The molecule has 1 fully saturated rings. The fourth-order valence-electron chi connectivity index (χ4n) is 3.34. The van der Waals surface area contributed by atoms with Crippen LogP contribution in [0.15, 0.2) is 29.2 Å². The maximum absolute atomic E-state index is 12.8. The van der Waals surface area contributed by atoms with Gasteiger partial charge in [0.15, 0.2) is 9.84 Å². The first-order chi connectivity index (χ1) is 11.8. The predicted octanol–water partition coefficient (Wildman–Crippen LogP) is 2.26. The zero-order valence-corrected chi connectivity index (χ0v) is 17.2. The van der Waals surface area contributed by atoms with Gasteiger partial charge in [0.2, 0.25) is 5.91 Å². The zero-order valence-electron chi connectivity index (χ0n) is 15.6. The first-order valence-corrected chi connectivity index (χ1v) is 10.3. The number of hydrogen-bond donors (Lipinski definition) is 1. The van der Waals surface area contributed by atoms with Gasteiger partial charge in [-0.1, -0.05) is 6.92 Å². The zero-order chi connectivity index (χ0) is 18.6. The van der Waals surface area contributed by atoms with Crippen LogP contribution in [0.25, 0.3) is 0 Å². The Morgan fingerprint density at radius 2 is 1.88 bits per heavy atom. The van der Waals surface area contributed by atoms with Crippen molar-refractivity contribution in [1.82, 2.24) is 4.90 Å². The number of carbonyl (C=O) groups is 1. The van der Waals surface area contributed by atoms with Crippen molar-refractivity contribution >= 4 is 28.2 Å². The van der Waals surface area contributed by atoms with Gasteiger partial charge >= 0.3 is 0 Å². The molecule has 1 aliphatic rings. The normalized spacial score (nSPS) is 20.0. The third kappa shape index (κ3) is 5.34. The molecule has 0 saturated carbocycles. The molecule has 1 aromatic carbocycles. The summed E-state index contributed by atoms with van der Waals surface area (Å²) < 4.78 is 30.3. The van der Waals surface area contributed by atoms with Crippen LogP contribution >= 0.6 is 12.4 Å². The smallest absolute Gasteiger partial charge is 0.226 e. The van der Waals surface area contributed by atoms with Crippen LogP contribution in [0.3, 0.4) is 0 Å². The fraction of sp³-hybridized carbons (Fsp3) is 0.611. The van der Waals surface area contributed by atoms with Crippen LogP contribution in [-0.2, 0) is 14.6 Å². The average molecular weight is 405 g/mol. The molecule has 148 valence electrons. The summed E-state index contributed by atoms with van der Waals surface area (Å²) in [5.41, 5.74) is 6.02. The molecule has 1 aliphatic heterocycles. The molecule has 1 heterocycles. The van der Waals surface area contributed by atoms with Gasteiger partial charge in [-0.25, -0.2) is 8.42 Å². The first kappa shape index (κ1) is 22.7. The number of nitrogens with zero attached hydrogens (tertiary/aromatic N) is 1. The van der Waals surface area contributed by atoms with Crippen molar-refractivity contribution in [1.29, 1.82) is 0 Å². The molecular formula is C18H29ClN2O4S. The Morgan fingerprint density at radius 3 is 2.42 bits per heavy atom. The highest BCUT2D eigenvalue weighted by molar-refractivity contribution is 7.91. The second kappa shape index (κ2) is 9.58. The number of ether oxygens (including phenoxy) is 1. The summed E-state index contributed by atoms with van der Waals surface area (Å²) in [6.07, 6.45) is 2.86. The minimum atomic E-state index is -3.54. The van der Waals surface area contributed by atoms with Gasteiger partial charge in [-0.3, -0.25) is 4.79 Å². The SMILES string of the molecule is COc1ccc(S(=O)(=O)CC(C)C(=O)N2CCCCC2C(C)N)cc1.Cl. The number of rotatable bonds is 6. The number of carbonyl (C=O) groups excluding carboxylic acids is 1. The maximum atomic E-state index is 12.8. The van der Waals surface area contributed by atoms with Crippen molar-refractivity contribution in [3.05, 3.63) is 24.3 Å². The third-order valence-corrected chi connectivity index (χ3v) is 6.68. The largest absolute Gasteiger partial charge is 0.497 e. The molecule has 26 heavy (non-hydrogen) atoms. The monoisotopic (exact) mass is 404 g/mol. The topological polar surface area (TPSA) is 89.7 Å². The predicted molar refractivity (Wildman–Crippen MR) is 104 cm³/mol. The molecule has 1 saturated heterocycles. The Morgan fingerprint density at radius 1 is 1.27 bits per heavy atom. The number of amides is 1. The van der Waals surface area contributed by atoms with E-state index in [0.717, 1.165) is 19.3 Å². The van der Waals surface area contributed by atoms with Crippen LogP contribution < -0.4 is 10.5 Å². The molecule has 0 bridgehead atoms. The Kier molecular flexibility index (Phi) is 8.37. The van der Waals surface area contributed by atoms with Gasteiger partial charge in [0, 0.05) is 24.5 Å². The molecule has 3 unspecified atom stereocenters. The van der Waals surface area contributed by atoms with E-state index in [2.05, 4.69) is 0 Å². The van der Waals surface area contributed by atoms with Crippen LogP contribution in [0, 0.1) is 5.92 Å². The van der Waals surface area contributed by atoms with Gasteiger partial charge < -0.3 is 15.4 Å². The number of piperidine rings is 1. The summed E-state index contributed by atoms with van der Waals surface area (Å²) in [5, 5.41) is 0. The summed E-state index contributed by atoms with van der Waals surface area (Å²) in [6, 6.07) is 6.11. The van der Waals surface area contributed by atoms with Crippen molar-refractivity contribution in [3.63, 3.8) is 0 Å². The third-order valence-electron chi connectivity index (χ3n) is 4.75. The van der Waals surface area contributed by atoms with E-state index < -0.39 is 15.8 Å². The summed E-state index contributed by atoms with van der Waals surface area (Å²) in [7, 11) is -2.01. The second-order valence-electron chi connectivity index (χ2n) is 6.81. The maximum Gasteiger partial charge on any atom is 0.226 e. The molecule has 3 atom stereocenters. The van der Waals surface area contributed by atoms with E-state index in [9.17, 15) is 13.2 Å². The highest BCUT2D eigenvalue weighted by Crippen LogP contribution is 2.23. The summed E-state index contributed by atoms with van der Waals surface area (Å²) in [5.74, 6) is -0.345. The number of nitrogens with two attached hydrogens (primary N) is 1. The van der Waals surface area contributed by atoms with Gasteiger partial charge in [-0.2, -0.15) is 0 Å². The van der Waals surface area contributed by atoms with Gasteiger partial charge in [-0.15, -0.1) is 12.4 Å². The standard InChI is InChI=1S/C18H28N2O4S.ClH/c1-13(18(21)20-11-5-4-6-17(20)14(2)19)12-25(22,23)16-9-7-15(24-3)8-10-16;/h7-10,13-14,17H,4-6,11-12,19H2,1-3H3;1H. The quantitative estimate of drug-likeness (QED) is 0.785. The van der Waals surface area contributed by atoms with E-state index in [1.54, 1.807) is 24.0 Å². The van der Waals surface area contributed by atoms with E-state index >= 15 is 0 Å². The molecule has 1 amide bonds. The van der Waals surface area contributed by atoms with Crippen LogP contribution in [-0.4, -0.2) is 50.7 Å². The second-order valence-corrected chi connectivity index (χ2v) is 8.85. The number of methoxy groups -OCH3 is 1. The van der Waals surface area contributed by atoms with E-state index in [0.29, 0.717) is 12.3 Å². The van der Waals surface area contributed by atoms with Crippen LogP contribution in [0.1, 0.15) is 33.1 Å². The number of likely N-dealkylation sites (tertiary alicyclic amines) is 1. The lowest BCUT2D eigenvalue weighted by atomic mass is 9.95. The van der Waals surface area contributed by atoms with Crippen molar-refractivity contribution in [2.75, 3.05) is 19.4 Å². The highest BCUT2D eigenvalue weighted by atomic mass is 35.5. The molecule has 8 heteroatoms. The van der Waals surface area contributed by atoms with Gasteiger partial charge in [0.25, 0.3) is 0 Å². The number of halogens is 1. The molecule has 2 N–H and O–H groups in total. The van der Waals surface area contributed by atoms with Crippen molar-refractivity contribution < 1.29 is 17.9 Å². The molecule has 2 rings (SSSR count). The molecule has 6 nitrogen and oxygen atoms in total. The lowest BCUT2D eigenvalue weighted by Gasteiger charge is -2.39. The highest BCUT2D eigenvalue weighted by Gasteiger charge is 2.33. The number of hydrogen-bond acceptors (Lipinski definition) is 5. The Labute approximate surface area is 162 Å². The van der Waals surface area contributed by atoms with Gasteiger partial charge in [0.1, 0.15) is 5.75 Å². The molecule has 1 aromatic rings. The van der Waals surface area contributed by atoms with Crippen LogP contribution in [0.2, 0.25) is 0 Å². The molecule has 0 aromatic heterocycles. The van der Waals surface area contributed by atoms with Gasteiger partial charge in [-0.05, 0) is 50.5 Å². The van der Waals surface area contributed by atoms with Crippen molar-refractivity contribution in [2.24, 2.45) is 11.7 Å². The molecule has 0 radical (unpaired) electrons. The van der Waals surface area contributed by atoms with E-state index in [1.165, 1.54) is 19.2 Å². The lowest BCUT2D eigenvalue weighted by Crippen LogP contribution is -2.53. The number of sulfone groups is 1. The van der Waals surface area contributed by atoms with Crippen molar-refractivity contribution in [3.8, 4) is 5.75 Å². The minimum absolute atomic E-state index is 0. The van der Waals surface area contributed by atoms with Crippen LogP contribution in [0.5, 0.6) is 5.75 Å². The summed E-state index contributed by atoms with van der Waals surface area (Å²) in [6.45, 7) is 4.23.